The van der Waals surface area contributed by atoms with Crippen LogP contribution in [0.25, 0.3) is 0 Å². The average molecular weight is 142 g/mol. The van der Waals surface area contributed by atoms with Gasteiger partial charge in [0.25, 0.3) is 0 Å². The van der Waals surface area contributed by atoms with Gasteiger partial charge in [-0.15, -0.1) is 0 Å². The van der Waals surface area contributed by atoms with Gasteiger partial charge < -0.3 is 10.6 Å². The summed E-state index contributed by atoms with van der Waals surface area (Å²) in [5, 5.41) is 5.93. The van der Waals surface area contributed by atoms with Crippen LogP contribution in [0.5, 0.6) is 0 Å². The Balaban J connectivity index is 2.33. The van der Waals surface area contributed by atoms with Crippen LogP contribution in [0.2, 0.25) is 0 Å². The van der Waals surface area contributed by atoms with Crippen molar-refractivity contribution in [2.24, 2.45) is 0 Å². The molecule has 0 spiro atoms. The molecule has 1 amide bonds. The van der Waals surface area contributed by atoms with Gasteiger partial charge in [-0.05, 0) is 6.92 Å². The molecule has 0 radical (unpaired) electrons. The second-order valence-corrected chi connectivity index (χ2v) is 3.10. The summed E-state index contributed by atoms with van der Waals surface area (Å²) in [6.07, 6.45) is 0. The second kappa shape index (κ2) is 2.58. The van der Waals surface area contributed by atoms with Crippen LogP contribution >= 0.6 is 0 Å². The fourth-order valence-electron chi connectivity index (χ4n) is 1.11. The van der Waals surface area contributed by atoms with Crippen molar-refractivity contribution in [3.05, 3.63) is 0 Å². The quantitative estimate of drug-likeness (QED) is 0.527. The third kappa shape index (κ3) is 1.29. The molecule has 2 atom stereocenters. The molecule has 1 fully saturated rings. The van der Waals surface area contributed by atoms with Crippen LogP contribution in [-0.2, 0) is 4.79 Å². The van der Waals surface area contributed by atoms with Gasteiger partial charge >= 0.3 is 0 Å². The van der Waals surface area contributed by atoms with Gasteiger partial charge in [0, 0.05) is 6.04 Å². The normalized spacial score (nSPS) is 31.8. The first-order valence-electron chi connectivity index (χ1n) is 3.67. The molecule has 1 heterocycles. The van der Waals surface area contributed by atoms with Gasteiger partial charge in [-0.1, -0.05) is 13.8 Å². The van der Waals surface area contributed by atoms with E-state index in [1.54, 1.807) is 0 Å². The molecule has 2 N–H and O–H groups in total. The molecule has 0 saturated carbocycles. The van der Waals surface area contributed by atoms with E-state index in [1.807, 2.05) is 20.8 Å². The molecule has 0 aromatic carbocycles. The standard InChI is InChI=1S/C7H14N2O/c1-4(2)8-6-5(3)9-7(6)10/h4-6,8H,1-3H3,(H,9,10)/t5-,6+/m0/s1. The lowest BCUT2D eigenvalue weighted by molar-refractivity contribution is -0.131. The van der Waals surface area contributed by atoms with Crippen LogP contribution in [0.1, 0.15) is 20.8 Å². The molecule has 0 unspecified atom stereocenters. The van der Waals surface area contributed by atoms with E-state index in [-0.39, 0.29) is 11.9 Å². The highest BCUT2D eigenvalue weighted by atomic mass is 16.2. The summed E-state index contributed by atoms with van der Waals surface area (Å²) in [7, 11) is 0. The lowest BCUT2D eigenvalue weighted by Crippen LogP contribution is -2.67. The first kappa shape index (κ1) is 7.54. The van der Waals surface area contributed by atoms with Crippen LogP contribution in [0.3, 0.4) is 0 Å². The predicted molar refractivity (Wildman–Crippen MR) is 39.7 cm³/mol. The molecule has 0 aromatic rings. The van der Waals surface area contributed by atoms with Crippen molar-refractivity contribution < 1.29 is 4.79 Å². The fourth-order valence-corrected chi connectivity index (χ4v) is 1.11. The van der Waals surface area contributed by atoms with Crippen molar-refractivity contribution in [3.63, 3.8) is 0 Å². The van der Waals surface area contributed by atoms with E-state index in [0.29, 0.717) is 12.1 Å². The molecule has 10 heavy (non-hydrogen) atoms. The van der Waals surface area contributed by atoms with Crippen LogP contribution in [-0.4, -0.2) is 24.0 Å². The Hall–Kier alpha value is -0.570. The van der Waals surface area contributed by atoms with Gasteiger partial charge in [-0.3, -0.25) is 4.79 Å². The Morgan fingerprint density at radius 3 is 2.40 bits per heavy atom. The summed E-state index contributed by atoms with van der Waals surface area (Å²) >= 11 is 0. The molecule has 0 bridgehead atoms. The average Bonchev–Trinajstić information content (AvgIpc) is 1.84. The molecule has 0 aliphatic carbocycles. The monoisotopic (exact) mass is 142 g/mol. The summed E-state index contributed by atoms with van der Waals surface area (Å²) in [4.78, 5) is 10.8. The summed E-state index contributed by atoms with van der Waals surface area (Å²) < 4.78 is 0. The highest BCUT2D eigenvalue weighted by Gasteiger charge is 2.35. The largest absolute Gasteiger partial charge is 0.350 e. The van der Waals surface area contributed by atoms with Gasteiger partial charge in [0.2, 0.25) is 5.91 Å². The van der Waals surface area contributed by atoms with Crippen LogP contribution in [0, 0.1) is 0 Å². The zero-order chi connectivity index (χ0) is 7.72. The third-order valence-corrected chi connectivity index (χ3v) is 1.67. The lowest BCUT2D eigenvalue weighted by Gasteiger charge is -2.35. The van der Waals surface area contributed by atoms with Crippen LogP contribution in [0.15, 0.2) is 0 Å². The number of carbonyl (C=O) groups excluding carboxylic acids is 1. The summed E-state index contributed by atoms with van der Waals surface area (Å²) in [6, 6.07) is 0.730. The van der Waals surface area contributed by atoms with Gasteiger partial charge in [0.05, 0.1) is 6.04 Å². The minimum Gasteiger partial charge on any atom is -0.350 e. The fraction of sp³-hybridized carbons (Fsp3) is 0.857. The minimum atomic E-state index is 0.0417. The van der Waals surface area contributed by atoms with Gasteiger partial charge in [0.15, 0.2) is 0 Å². The molecule has 1 aliphatic heterocycles. The SMILES string of the molecule is CC(C)N[C@H]1C(=O)N[C@H]1C. The van der Waals surface area contributed by atoms with E-state index in [2.05, 4.69) is 10.6 Å². The van der Waals surface area contributed by atoms with Crippen molar-refractivity contribution >= 4 is 5.91 Å². The highest BCUT2D eigenvalue weighted by Crippen LogP contribution is 2.05. The molecule has 58 valence electrons. The molecule has 0 aromatic heterocycles. The van der Waals surface area contributed by atoms with E-state index in [4.69, 9.17) is 0 Å². The van der Waals surface area contributed by atoms with Crippen molar-refractivity contribution in [1.29, 1.82) is 0 Å². The Bertz CT molecular complexity index is 145. The van der Waals surface area contributed by atoms with E-state index >= 15 is 0 Å². The number of carbonyl (C=O) groups is 1. The second-order valence-electron chi connectivity index (χ2n) is 3.10. The molecular weight excluding hydrogens is 128 g/mol. The summed E-state index contributed by atoms with van der Waals surface area (Å²) in [6.45, 7) is 6.08. The Morgan fingerprint density at radius 1 is 1.60 bits per heavy atom. The lowest BCUT2D eigenvalue weighted by atomic mass is 10.0. The molecule has 1 aliphatic rings. The van der Waals surface area contributed by atoms with E-state index in [1.165, 1.54) is 0 Å². The maximum Gasteiger partial charge on any atom is 0.239 e. The van der Waals surface area contributed by atoms with Gasteiger partial charge in [0.1, 0.15) is 6.04 Å². The third-order valence-electron chi connectivity index (χ3n) is 1.67. The molecule has 1 saturated heterocycles. The predicted octanol–water partition coefficient (Wildman–Crippen LogP) is -0.129. The van der Waals surface area contributed by atoms with E-state index in [0.717, 1.165) is 0 Å². The van der Waals surface area contributed by atoms with Crippen molar-refractivity contribution in [3.8, 4) is 0 Å². The number of hydrogen-bond donors (Lipinski definition) is 2. The van der Waals surface area contributed by atoms with Gasteiger partial charge in [-0.25, -0.2) is 0 Å². The number of hydrogen-bond acceptors (Lipinski definition) is 2. The van der Waals surface area contributed by atoms with E-state index < -0.39 is 0 Å². The Labute approximate surface area is 61.2 Å². The zero-order valence-electron chi connectivity index (χ0n) is 6.64. The smallest absolute Gasteiger partial charge is 0.239 e. The topological polar surface area (TPSA) is 41.1 Å². The number of nitrogens with one attached hydrogen (secondary N) is 2. The van der Waals surface area contributed by atoms with Crippen LogP contribution in [0.4, 0.5) is 0 Å². The molecular formula is C7H14N2O. The zero-order valence-corrected chi connectivity index (χ0v) is 6.64. The van der Waals surface area contributed by atoms with E-state index in [9.17, 15) is 4.79 Å². The highest BCUT2D eigenvalue weighted by molar-refractivity contribution is 5.89. The van der Waals surface area contributed by atoms with Crippen molar-refractivity contribution in [2.45, 2.75) is 38.9 Å². The molecule has 1 rings (SSSR count). The Kier molecular flexibility index (Phi) is 1.94. The maximum absolute atomic E-state index is 10.8. The summed E-state index contributed by atoms with van der Waals surface area (Å²) in [5.41, 5.74) is 0. The first-order chi connectivity index (χ1) is 4.61. The number of amides is 1. The summed E-state index contributed by atoms with van der Waals surface area (Å²) in [5.74, 6) is 0.126. The number of β-lactam (4-membered cyclic amide) rings is 1. The van der Waals surface area contributed by atoms with Gasteiger partial charge in [-0.2, -0.15) is 0 Å². The van der Waals surface area contributed by atoms with Crippen molar-refractivity contribution in [1.82, 2.24) is 10.6 Å². The molecule has 3 heteroatoms. The minimum absolute atomic E-state index is 0.0417. The first-order valence-corrected chi connectivity index (χ1v) is 3.67. The van der Waals surface area contributed by atoms with Crippen molar-refractivity contribution in [2.75, 3.05) is 0 Å². The van der Waals surface area contributed by atoms with Crippen LogP contribution < -0.4 is 10.6 Å². The number of rotatable bonds is 2. The maximum atomic E-state index is 10.8. The Morgan fingerprint density at radius 2 is 2.20 bits per heavy atom. The molecule has 3 nitrogen and oxygen atoms in total.